The van der Waals surface area contributed by atoms with Crippen LogP contribution in [0.3, 0.4) is 0 Å². The third-order valence-corrected chi connectivity index (χ3v) is 0.677. The molecule has 0 aromatic carbocycles. The van der Waals surface area contributed by atoms with Crippen LogP contribution in [0, 0.1) is 0 Å². The molecule has 0 N–H and O–H groups in total. The normalized spacial score (nSPS) is 7.56. The van der Waals surface area contributed by atoms with Crippen molar-refractivity contribution < 1.29 is 4.74 Å². The maximum atomic E-state index is 4.25. The lowest BCUT2D eigenvalue weighted by Gasteiger charge is -1.87. The largest absolute Gasteiger partial charge is 0.388 e. The van der Waals surface area contributed by atoms with Crippen molar-refractivity contribution in [1.82, 2.24) is 0 Å². The molecular weight excluding hydrogens is 112 g/mol. The lowest BCUT2D eigenvalue weighted by atomic mass is 10.2. The van der Waals surface area contributed by atoms with Gasteiger partial charge in [-0.05, 0) is 13.3 Å². The van der Waals surface area contributed by atoms with E-state index in [1.807, 2.05) is 0 Å². The molecule has 0 bridgehead atoms. The van der Waals surface area contributed by atoms with Crippen LogP contribution in [0.15, 0.2) is 12.2 Å². The van der Waals surface area contributed by atoms with Gasteiger partial charge in [-0.3, -0.25) is 0 Å². The van der Waals surface area contributed by atoms with E-state index in [0.29, 0.717) is 0 Å². The van der Waals surface area contributed by atoms with E-state index >= 15 is 0 Å². The first-order valence-corrected chi connectivity index (χ1v) is 3.23. The van der Waals surface area contributed by atoms with Crippen LogP contribution in [0.4, 0.5) is 0 Å². The second kappa shape index (κ2) is 10.6. The Morgan fingerprint density at radius 2 is 1.78 bits per heavy atom. The quantitative estimate of drug-likeness (QED) is 0.522. The summed E-state index contributed by atoms with van der Waals surface area (Å²) in [7, 11) is 3.25. The van der Waals surface area contributed by atoms with Crippen LogP contribution in [0.25, 0.3) is 0 Å². The summed E-state index contributed by atoms with van der Waals surface area (Å²) in [6.07, 6.45) is 2.41. The lowest BCUT2D eigenvalue weighted by Crippen LogP contribution is -1.66. The Balaban J connectivity index is 0. The van der Waals surface area contributed by atoms with E-state index in [0.717, 1.165) is 0 Å². The number of hydrogen-bond donors (Lipinski definition) is 0. The number of hydrogen-bond acceptors (Lipinski definition) is 1. The molecular formula is C8H18O. The molecule has 1 heteroatoms. The summed E-state index contributed by atoms with van der Waals surface area (Å²) in [5.74, 6) is 0. The predicted octanol–water partition coefficient (Wildman–Crippen LogP) is 2.63. The van der Waals surface area contributed by atoms with Crippen molar-refractivity contribution in [3.05, 3.63) is 12.2 Å². The third-order valence-electron chi connectivity index (χ3n) is 0.677. The zero-order valence-corrected chi connectivity index (χ0v) is 7.03. The minimum atomic E-state index is 1.18. The molecule has 0 amide bonds. The Morgan fingerprint density at radius 3 is 1.78 bits per heavy atom. The maximum Gasteiger partial charge on any atom is 0.0351 e. The second-order valence-electron chi connectivity index (χ2n) is 2.12. The summed E-state index contributed by atoms with van der Waals surface area (Å²) in [5.41, 5.74) is 1.29. The van der Waals surface area contributed by atoms with E-state index in [-0.39, 0.29) is 0 Å². The molecule has 0 saturated carbocycles. The van der Waals surface area contributed by atoms with Gasteiger partial charge in [0.1, 0.15) is 0 Å². The second-order valence-corrected chi connectivity index (χ2v) is 2.12. The van der Waals surface area contributed by atoms with Gasteiger partial charge in [0.05, 0.1) is 0 Å². The van der Waals surface area contributed by atoms with Crippen LogP contribution >= 0.6 is 0 Å². The molecule has 0 atom stereocenters. The number of methoxy groups -OCH3 is 1. The molecule has 0 aromatic rings. The van der Waals surface area contributed by atoms with Gasteiger partial charge >= 0.3 is 0 Å². The van der Waals surface area contributed by atoms with Crippen LogP contribution in [0.2, 0.25) is 0 Å². The SMILES string of the molecule is C=C(C)CCC.COC. The Morgan fingerprint density at radius 1 is 1.44 bits per heavy atom. The van der Waals surface area contributed by atoms with Crippen LogP contribution in [0.1, 0.15) is 26.7 Å². The Labute approximate surface area is 58.7 Å². The minimum absolute atomic E-state index is 1.18. The molecule has 0 radical (unpaired) electrons. The predicted molar refractivity (Wildman–Crippen MR) is 42.7 cm³/mol. The van der Waals surface area contributed by atoms with Gasteiger partial charge in [-0.15, -0.1) is 6.58 Å². The molecule has 0 spiro atoms. The van der Waals surface area contributed by atoms with Crippen LogP contribution < -0.4 is 0 Å². The van der Waals surface area contributed by atoms with Gasteiger partial charge in [-0.1, -0.05) is 18.9 Å². The van der Waals surface area contributed by atoms with E-state index in [2.05, 4.69) is 25.2 Å². The van der Waals surface area contributed by atoms with E-state index in [1.165, 1.54) is 18.4 Å². The van der Waals surface area contributed by atoms with Gasteiger partial charge in [-0.25, -0.2) is 0 Å². The Hall–Kier alpha value is -0.300. The van der Waals surface area contributed by atoms with Gasteiger partial charge in [0, 0.05) is 14.2 Å². The Kier molecular flexibility index (Phi) is 13.6. The number of ether oxygens (including phenoxy) is 1. The monoisotopic (exact) mass is 130 g/mol. The van der Waals surface area contributed by atoms with Crippen LogP contribution in [-0.4, -0.2) is 14.2 Å². The molecule has 0 saturated heterocycles. The fraction of sp³-hybridized carbons (Fsp3) is 0.750. The van der Waals surface area contributed by atoms with Crippen molar-refractivity contribution in [1.29, 1.82) is 0 Å². The van der Waals surface area contributed by atoms with Crippen LogP contribution in [-0.2, 0) is 4.74 Å². The van der Waals surface area contributed by atoms with E-state index in [4.69, 9.17) is 0 Å². The molecule has 0 rings (SSSR count). The van der Waals surface area contributed by atoms with E-state index in [9.17, 15) is 0 Å². The van der Waals surface area contributed by atoms with E-state index in [1.54, 1.807) is 14.2 Å². The van der Waals surface area contributed by atoms with Crippen molar-refractivity contribution in [3.8, 4) is 0 Å². The average molecular weight is 130 g/mol. The summed E-state index contributed by atoms with van der Waals surface area (Å²) < 4.78 is 4.25. The lowest BCUT2D eigenvalue weighted by molar-refractivity contribution is 0.277. The first-order chi connectivity index (χ1) is 4.18. The van der Waals surface area contributed by atoms with E-state index < -0.39 is 0 Å². The summed E-state index contributed by atoms with van der Waals surface area (Å²) in [6.45, 7) is 7.97. The third kappa shape index (κ3) is 34.3. The maximum absolute atomic E-state index is 4.25. The zero-order chi connectivity index (χ0) is 7.70. The average Bonchev–Trinajstić information content (AvgIpc) is 1.67. The molecule has 0 aliphatic rings. The highest BCUT2D eigenvalue weighted by atomic mass is 16.4. The molecule has 1 nitrogen and oxygen atoms in total. The minimum Gasteiger partial charge on any atom is -0.388 e. The molecule has 0 aromatic heterocycles. The van der Waals surface area contributed by atoms with Gasteiger partial charge < -0.3 is 4.74 Å². The van der Waals surface area contributed by atoms with Gasteiger partial charge in [0.2, 0.25) is 0 Å². The molecule has 0 aliphatic heterocycles. The summed E-state index contributed by atoms with van der Waals surface area (Å²) >= 11 is 0. The zero-order valence-electron chi connectivity index (χ0n) is 7.03. The molecule has 0 fully saturated rings. The summed E-state index contributed by atoms with van der Waals surface area (Å²) in [6, 6.07) is 0. The first kappa shape index (κ1) is 11.5. The molecule has 0 unspecified atom stereocenters. The molecule has 56 valence electrons. The molecule has 0 heterocycles. The number of rotatable bonds is 2. The van der Waals surface area contributed by atoms with Crippen molar-refractivity contribution in [3.63, 3.8) is 0 Å². The standard InChI is InChI=1S/C6H12.C2H6O/c1-4-5-6(2)3;1-3-2/h2,4-5H2,1,3H3;1-2H3. The fourth-order valence-corrected chi connectivity index (χ4v) is 0.427. The number of allylic oxidation sites excluding steroid dienone is 1. The van der Waals surface area contributed by atoms with Gasteiger partial charge in [0.15, 0.2) is 0 Å². The topological polar surface area (TPSA) is 9.23 Å². The summed E-state index contributed by atoms with van der Waals surface area (Å²) in [4.78, 5) is 0. The molecule has 9 heavy (non-hydrogen) atoms. The Bertz CT molecular complexity index is 57.6. The smallest absolute Gasteiger partial charge is 0.0351 e. The highest BCUT2D eigenvalue weighted by Gasteiger charge is 1.76. The van der Waals surface area contributed by atoms with Crippen molar-refractivity contribution in [2.45, 2.75) is 26.7 Å². The van der Waals surface area contributed by atoms with Crippen LogP contribution in [0.5, 0.6) is 0 Å². The van der Waals surface area contributed by atoms with Crippen molar-refractivity contribution in [2.75, 3.05) is 14.2 Å². The van der Waals surface area contributed by atoms with Crippen molar-refractivity contribution in [2.24, 2.45) is 0 Å². The van der Waals surface area contributed by atoms with Gasteiger partial charge in [-0.2, -0.15) is 0 Å². The first-order valence-electron chi connectivity index (χ1n) is 3.23. The fourth-order valence-electron chi connectivity index (χ4n) is 0.427. The van der Waals surface area contributed by atoms with Crippen molar-refractivity contribution >= 4 is 0 Å². The summed E-state index contributed by atoms with van der Waals surface area (Å²) in [5, 5.41) is 0. The molecule has 0 aliphatic carbocycles. The highest BCUT2D eigenvalue weighted by Crippen LogP contribution is 1.96. The highest BCUT2D eigenvalue weighted by molar-refractivity contribution is 4.86. The van der Waals surface area contributed by atoms with Gasteiger partial charge in [0.25, 0.3) is 0 Å².